The minimum absolute atomic E-state index is 0.00618. The van der Waals surface area contributed by atoms with Gasteiger partial charge in [0.05, 0.1) is 12.0 Å². The van der Waals surface area contributed by atoms with E-state index in [0.717, 1.165) is 6.07 Å². The normalized spacial score (nSPS) is 12.2. The number of sulfone groups is 1. The van der Waals surface area contributed by atoms with Crippen LogP contribution in [0.2, 0.25) is 0 Å². The maximum Gasteiger partial charge on any atom is 0.257 e. The van der Waals surface area contributed by atoms with Gasteiger partial charge >= 0.3 is 0 Å². The summed E-state index contributed by atoms with van der Waals surface area (Å²) >= 11 is 1.28. The van der Waals surface area contributed by atoms with Gasteiger partial charge in [-0.05, 0) is 54.3 Å². The quantitative estimate of drug-likeness (QED) is 0.487. The van der Waals surface area contributed by atoms with Crippen LogP contribution in [0.4, 0.5) is 4.39 Å². The summed E-state index contributed by atoms with van der Waals surface area (Å²) in [6.45, 7) is 1.09. The number of hydrogen-bond acceptors (Lipinski definition) is 6. The summed E-state index contributed by atoms with van der Waals surface area (Å²) in [5.41, 5.74) is 0.238. The van der Waals surface area contributed by atoms with Crippen molar-refractivity contribution in [3.8, 4) is 11.5 Å². The van der Waals surface area contributed by atoms with Crippen molar-refractivity contribution in [1.29, 1.82) is 0 Å². The topological polar surface area (TPSA) is 81.7 Å². The Morgan fingerprint density at radius 1 is 1.13 bits per heavy atom. The molecule has 0 aliphatic carbocycles. The van der Waals surface area contributed by atoms with Gasteiger partial charge in [0.15, 0.2) is 16.4 Å². The molecule has 0 fully saturated rings. The van der Waals surface area contributed by atoms with Crippen LogP contribution >= 0.6 is 11.3 Å². The number of thiophene rings is 1. The molecule has 31 heavy (non-hydrogen) atoms. The molecule has 1 atom stereocenters. The van der Waals surface area contributed by atoms with Crippen molar-refractivity contribution in [3.05, 3.63) is 76.2 Å². The molecule has 0 aliphatic rings. The molecule has 9 heteroatoms. The summed E-state index contributed by atoms with van der Waals surface area (Å²) < 4.78 is 50.7. The molecule has 1 amide bonds. The van der Waals surface area contributed by atoms with Gasteiger partial charge in [-0.2, -0.15) is 0 Å². The molecule has 3 aromatic rings. The van der Waals surface area contributed by atoms with Crippen LogP contribution in [0.15, 0.2) is 64.9 Å². The highest BCUT2D eigenvalue weighted by atomic mass is 32.2. The predicted octanol–water partition coefficient (Wildman–Crippen LogP) is 3.91. The van der Waals surface area contributed by atoms with Gasteiger partial charge in [0.2, 0.25) is 0 Å². The van der Waals surface area contributed by atoms with E-state index in [9.17, 15) is 17.6 Å². The van der Waals surface area contributed by atoms with Crippen LogP contribution in [0, 0.1) is 12.7 Å². The lowest BCUT2D eigenvalue weighted by atomic mass is 10.2. The highest BCUT2D eigenvalue weighted by molar-refractivity contribution is 7.91. The fourth-order valence-electron chi connectivity index (χ4n) is 2.89. The zero-order valence-corrected chi connectivity index (χ0v) is 18.6. The van der Waals surface area contributed by atoms with Crippen LogP contribution in [0.25, 0.3) is 0 Å². The third-order valence-corrected chi connectivity index (χ3v) is 7.80. The van der Waals surface area contributed by atoms with Crippen LogP contribution in [0.1, 0.15) is 15.7 Å². The van der Waals surface area contributed by atoms with E-state index in [2.05, 4.69) is 5.32 Å². The van der Waals surface area contributed by atoms with E-state index >= 15 is 0 Å². The smallest absolute Gasteiger partial charge is 0.257 e. The van der Waals surface area contributed by atoms with Crippen LogP contribution in [0.5, 0.6) is 11.5 Å². The number of carbonyl (C=O) groups excluding carboxylic acids is 1. The van der Waals surface area contributed by atoms with Crippen molar-refractivity contribution in [2.75, 3.05) is 20.3 Å². The zero-order valence-electron chi connectivity index (χ0n) is 17.0. The Hall–Kier alpha value is -2.91. The molecule has 3 rings (SSSR count). The van der Waals surface area contributed by atoms with Crippen molar-refractivity contribution >= 4 is 27.1 Å². The lowest BCUT2D eigenvalue weighted by Gasteiger charge is -2.18. The first-order chi connectivity index (χ1) is 14.8. The minimum atomic E-state index is -3.86. The van der Waals surface area contributed by atoms with Crippen molar-refractivity contribution < 1.29 is 27.1 Å². The molecule has 0 spiro atoms. The van der Waals surface area contributed by atoms with E-state index in [1.807, 2.05) is 0 Å². The number of carbonyl (C=O) groups is 1. The molecular weight excluding hydrogens is 441 g/mol. The van der Waals surface area contributed by atoms with E-state index in [0.29, 0.717) is 16.4 Å². The molecule has 1 unspecified atom stereocenters. The van der Waals surface area contributed by atoms with Crippen molar-refractivity contribution in [2.24, 2.45) is 0 Å². The Balaban J connectivity index is 1.71. The number of halogens is 1. The standard InChI is InChI=1S/C22H22FNO5S2/c1-15-11-18(8-9-19(15)23)31(26,27)21(20-7-4-10-30-20)13-24-22(25)14-29-17-6-3-5-16(12-17)28-2/h3-12,21H,13-14H2,1-2H3,(H,24,25). The highest BCUT2D eigenvalue weighted by Gasteiger charge is 2.31. The molecule has 2 aromatic carbocycles. The first-order valence-corrected chi connectivity index (χ1v) is 11.8. The average Bonchev–Trinajstić information content (AvgIpc) is 3.28. The molecule has 0 aliphatic heterocycles. The van der Waals surface area contributed by atoms with E-state index in [4.69, 9.17) is 9.47 Å². The zero-order chi connectivity index (χ0) is 22.4. The van der Waals surface area contributed by atoms with Crippen LogP contribution < -0.4 is 14.8 Å². The number of hydrogen-bond donors (Lipinski definition) is 1. The lowest BCUT2D eigenvalue weighted by molar-refractivity contribution is -0.123. The predicted molar refractivity (Wildman–Crippen MR) is 117 cm³/mol. The van der Waals surface area contributed by atoms with Gasteiger partial charge < -0.3 is 14.8 Å². The second kappa shape index (κ2) is 9.93. The number of methoxy groups -OCH3 is 1. The van der Waals surface area contributed by atoms with Gasteiger partial charge in [-0.3, -0.25) is 4.79 Å². The Kier molecular flexibility index (Phi) is 7.29. The fraction of sp³-hybridized carbons (Fsp3) is 0.227. The molecule has 1 aromatic heterocycles. The molecule has 164 valence electrons. The molecular formula is C22H22FNO5S2. The van der Waals surface area contributed by atoms with Gasteiger partial charge in [-0.15, -0.1) is 11.3 Å². The summed E-state index contributed by atoms with van der Waals surface area (Å²) in [5.74, 6) is 0.111. The van der Waals surface area contributed by atoms with Gasteiger partial charge in [0.25, 0.3) is 5.91 Å². The lowest BCUT2D eigenvalue weighted by Crippen LogP contribution is -2.34. The van der Waals surface area contributed by atoms with Crippen LogP contribution in [0.3, 0.4) is 0 Å². The monoisotopic (exact) mass is 463 g/mol. The van der Waals surface area contributed by atoms with Crippen LogP contribution in [-0.2, 0) is 14.6 Å². The van der Waals surface area contributed by atoms with Crippen molar-refractivity contribution in [2.45, 2.75) is 17.1 Å². The summed E-state index contributed by atoms with van der Waals surface area (Å²) in [6, 6.07) is 13.9. The largest absolute Gasteiger partial charge is 0.497 e. The molecule has 1 N–H and O–H groups in total. The summed E-state index contributed by atoms with van der Waals surface area (Å²) in [7, 11) is -2.34. The second-order valence-electron chi connectivity index (χ2n) is 6.73. The SMILES string of the molecule is COc1cccc(OCC(=O)NCC(c2cccs2)S(=O)(=O)c2ccc(F)c(C)c2)c1. The number of ether oxygens (including phenoxy) is 2. The first kappa shape index (κ1) is 22.8. The third kappa shape index (κ3) is 5.62. The number of nitrogens with one attached hydrogen (secondary N) is 1. The molecule has 0 bridgehead atoms. The Labute approximate surface area is 184 Å². The maximum atomic E-state index is 13.6. The summed E-state index contributed by atoms with van der Waals surface area (Å²) in [5, 5.41) is 3.39. The van der Waals surface area contributed by atoms with E-state index in [1.165, 1.54) is 37.5 Å². The van der Waals surface area contributed by atoms with E-state index in [-0.39, 0.29) is 23.6 Å². The number of amides is 1. The second-order valence-corrected chi connectivity index (χ2v) is 9.84. The Morgan fingerprint density at radius 2 is 1.90 bits per heavy atom. The molecule has 6 nitrogen and oxygen atoms in total. The molecule has 0 radical (unpaired) electrons. The summed E-state index contributed by atoms with van der Waals surface area (Å²) in [6.07, 6.45) is 0. The van der Waals surface area contributed by atoms with E-state index < -0.39 is 26.8 Å². The molecule has 0 saturated heterocycles. The van der Waals surface area contributed by atoms with Crippen molar-refractivity contribution in [3.63, 3.8) is 0 Å². The van der Waals surface area contributed by atoms with Gasteiger partial charge in [-0.25, -0.2) is 12.8 Å². The molecule has 0 saturated carbocycles. The Bertz CT molecular complexity index is 1150. The number of aryl methyl sites for hydroxylation is 1. The third-order valence-electron chi connectivity index (χ3n) is 4.59. The number of benzene rings is 2. The summed E-state index contributed by atoms with van der Waals surface area (Å²) in [4.78, 5) is 12.9. The fourth-order valence-corrected chi connectivity index (χ4v) is 5.76. The average molecular weight is 464 g/mol. The Morgan fingerprint density at radius 3 is 2.58 bits per heavy atom. The van der Waals surface area contributed by atoms with E-state index in [1.54, 1.807) is 41.8 Å². The van der Waals surface area contributed by atoms with Crippen molar-refractivity contribution in [1.82, 2.24) is 5.32 Å². The first-order valence-electron chi connectivity index (χ1n) is 9.38. The van der Waals surface area contributed by atoms with Gasteiger partial charge in [0.1, 0.15) is 22.6 Å². The minimum Gasteiger partial charge on any atom is -0.497 e. The van der Waals surface area contributed by atoms with Gasteiger partial charge in [0, 0.05) is 17.5 Å². The van der Waals surface area contributed by atoms with Gasteiger partial charge in [-0.1, -0.05) is 12.1 Å². The molecule has 1 heterocycles. The maximum absolute atomic E-state index is 13.6. The number of rotatable bonds is 9. The highest BCUT2D eigenvalue weighted by Crippen LogP contribution is 2.32. The van der Waals surface area contributed by atoms with Crippen LogP contribution in [-0.4, -0.2) is 34.6 Å².